The normalized spacial score (nSPS) is 45.9. The Morgan fingerprint density at radius 3 is 2.55 bits per heavy atom. The third-order valence-electron chi connectivity index (χ3n) is 7.92. The molecular weight excluding hydrogens is 454 g/mol. The van der Waals surface area contributed by atoms with Gasteiger partial charge < -0.3 is 0 Å². The van der Waals surface area contributed by atoms with Crippen LogP contribution in [0.25, 0.3) is 0 Å². The van der Waals surface area contributed by atoms with E-state index in [2.05, 4.69) is 44.4 Å². The monoisotopic (exact) mass is 473 g/mol. The Labute approximate surface area is 178 Å². The summed E-state index contributed by atoms with van der Waals surface area (Å²) in [4.78, 5) is 0.125. The van der Waals surface area contributed by atoms with Gasteiger partial charge in [-0.1, -0.05) is 28.1 Å². The van der Waals surface area contributed by atoms with Gasteiger partial charge in [0.05, 0.1) is 35.1 Å². The summed E-state index contributed by atoms with van der Waals surface area (Å²) < 4.78 is 32.5. The number of rotatable bonds is 3. The Balaban J connectivity index is 1.34. The van der Waals surface area contributed by atoms with E-state index >= 15 is 0 Å². The fraction of sp³-hybridized carbons (Fsp3) is 0.571. The van der Waals surface area contributed by atoms with Crippen LogP contribution in [0, 0.1) is 52.8 Å². The van der Waals surface area contributed by atoms with E-state index < -0.39 is 22.1 Å². The van der Waals surface area contributed by atoms with Crippen LogP contribution in [0.5, 0.6) is 0 Å². The van der Waals surface area contributed by atoms with Gasteiger partial charge in [-0.05, 0) is 66.7 Å². The maximum Gasteiger partial charge on any atom is 0.297 e. The highest BCUT2D eigenvalue weighted by Gasteiger charge is 2.69. The van der Waals surface area contributed by atoms with E-state index in [4.69, 9.17) is 4.18 Å². The van der Waals surface area contributed by atoms with Gasteiger partial charge >= 0.3 is 0 Å². The smallest absolute Gasteiger partial charge is 0.261 e. The largest absolute Gasteiger partial charge is 0.297 e. The molecule has 3 fully saturated rings. The van der Waals surface area contributed by atoms with E-state index in [-0.39, 0.29) is 34.7 Å². The lowest BCUT2D eigenvalue weighted by Crippen LogP contribution is -2.58. The molecule has 0 aromatic heterocycles. The van der Waals surface area contributed by atoms with Crippen molar-refractivity contribution in [1.29, 1.82) is 5.26 Å². The number of halogens is 1. The Bertz CT molecular complexity index is 1060. The molecule has 3 saturated carbocycles. The van der Waals surface area contributed by atoms with Crippen LogP contribution in [-0.4, -0.2) is 26.6 Å². The van der Waals surface area contributed by atoms with Crippen LogP contribution in [0.3, 0.4) is 0 Å². The quantitative estimate of drug-likeness (QED) is 0.490. The average molecular weight is 474 g/mol. The first-order valence-corrected chi connectivity index (χ1v) is 12.3. The zero-order valence-corrected chi connectivity index (χ0v) is 17.9. The zero-order chi connectivity index (χ0) is 19.9. The number of hydrogen-bond donors (Lipinski definition) is 0. The minimum atomic E-state index is -3.93. The molecule has 0 unspecified atom stereocenters. The number of benzene rings is 1. The minimum absolute atomic E-state index is 0.0431. The van der Waals surface area contributed by atoms with E-state index in [0.29, 0.717) is 17.8 Å². The lowest BCUT2D eigenvalue weighted by Gasteiger charge is -2.53. The lowest BCUT2D eigenvalue weighted by atomic mass is 9.56. The predicted molar refractivity (Wildman–Crippen MR) is 107 cm³/mol. The van der Waals surface area contributed by atoms with Gasteiger partial charge in [0.25, 0.3) is 10.1 Å². The second kappa shape index (κ2) is 6.22. The maximum atomic E-state index is 12.9. The van der Waals surface area contributed by atoms with E-state index in [0.717, 1.165) is 17.3 Å². The van der Waals surface area contributed by atoms with Crippen molar-refractivity contribution in [2.24, 2.45) is 51.7 Å². The fourth-order valence-corrected chi connectivity index (χ4v) is 8.35. The Morgan fingerprint density at radius 1 is 1.07 bits per heavy atom. The van der Waals surface area contributed by atoms with Gasteiger partial charge in [0, 0.05) is 10.4 Å². The predicted octanol–water partition coefficient (Wildman–Crippen LogP) is 3.95. The molecule has 150 valence electrons. The Morgan fingerprint density at radius 2 is 1.79 bits per heavy atom. The molecule has 2 heterocycles. The highest BCUT2D eigenvalue weighted by molar-refractivity contribution is 9.10. The first-order valence-electron chi connectivity index (χ1n) is 10.1. The van der Waals surface area contributed by atoms with Crippen molar-refractivity contribution < 1.29 is 12.6 Å². The molecule has 0 radical (unpaired) electrons. The van der Waals surface area contributed by atoms with E-state index in [9.17, 15) is 13.7 Å². The van der Waals surface area contributed by atoms with Crippen molar-refractivity contribution >= 4 is 26.0 Å². The number of azo groups is 1. The molecule has 2 aliphatic heterocycles. The second-order valence-electron chi connectivity index (χ2n) is 8.96. The minimum Gasteiger partial charge on any atom is -0.261 e. The second-order valence-corrected chi connectivity index (χ2v) is 11.4. The maximum absolute atomic E-state index is 12.9. The molecule has 4 aliphatic carbocycles. The van der Waals surface area contributed by atoms with Crippen molar-refractivity contribution in [3.63, 3.8) is 0 Å². The summed E-state index contributed by atoms with van der Waals surface area (Å²) in [5.74, 6) is 1.29. The number of hydrogen-bond acceptors (Lipinski definition) is 6. The van der Waals surface area contributed by atoms with Gasteiger partial charge in [-0.3, -0.25) is 4.18 Å². The van der Waals surface area contributed by atoms with Gasteiger partial charge in [-0.25, -0.2) is 0 Å². The van der Waals surface area contributed by atoms with Crippen LogP contribution < -0.4 is 0 Å². The topological polar surface area (TPSA) is 91.9 Å². The molecule has 10 atom stereocenters. The van der Waals surface area contributed by atoms with Crippen LogP contribution in [0.2, 0.25) is 0 Å². The first kappa shape index (κ1) is 18.2. The summed E-state index contributed by atoms with van der Waals surface area (Å²) in [5, 5.41) is 19.2. The van der Waals surface area contributed by atoms with Crippen LogP contribution in [0.15, 0.2) is 56.0 Å². The summed E-state index contributed by atoms with van der Waals surface area (Å²) in [7, 11) is -3.93. The van der Waals surface area contributed by atoms with E-state index in [1.807, 2.05) is 0 Å². The van der Waals surface area contributed by atoms with Crippen molar-refractivity contribution in [3.8, 4) is 6.07 Å². The number of fused-ring (bicyclic) bond motifs is 2. The summed E-state index contributed by atoms with van der Waals surface area (Å²) in [6.07, 6.45) is 5.80. The van der Waals surface area contributed by atoms with Crippen LogP contribution in [0.1, 0.15) is 12.8 Å². The molecule has 0 saturated heterocycles. The summed E-state index contributed by atoms with van der Waals surface area (Å²) in [6.45, 7) is 0. The molecule has 4 bridgehead atoms. The third kappa shape index (κ3) is 2.44. The fourth-order valence-electron chi connectivity index (χ4n) is 6.95. The molecule has 0 N–H and O–H groups in total. The van der Waals surface area contributed by atoms with Crippen LogP contribution >= 0.6 is 15.9 Å². The molecule has 29 heavy (non-hydrogen) atoms. The van der Waals surface area contributed by atoms with Crippen molar-refractivity contribution in [3.05, 3.63) is 40.9 Å². The average Bonchev–Trinajstić information content (AvgIpc) is 3.43. The van der Waals surface area contributed by atoms with Gasteiger partial charge in [0.1, 0.15) is 0 Å². The molecule has 1 aromatic rings. The number of allylic oxidation sites excluding steroid dienone is 1. The highest BCUT2D eigenvalue weighted by atomic mass is 79.9. The highest BCUT2D eigenvalue weighted by Crippen LogP contribution is 2.66. The molecule has 6 nitrogen and oxygen atoms in total. The van der Waals surface area contributed by atoms with Gasteiger partial charge in [0.2, 0.25) is 0 Å². The van der Waals surface area contributed by atoms with Crippen molar-refractivity contribution in [2.45, 2.75) is 35.9 Å². The van der Waals surface area contributed by atoms with E-state index in [1.54, 1.807) is 12.1 Å². The summed E-state index contributed by atoms with van der Waals surface area (Å²) in [6, 6.07) is 9.09. The summed E-state index contributed by atoms with van der Waals surface area (Å²) >= 11 is 3.32. The standard InChI is InChI=1S/C21H20BrN3O3S/c22-10-4-6-11(7-5-10)29(26,27)28-21-15-8-14(16(21)9-23)17-18(15)20-13-3-1-2-12(13)19(17)24-25-20/h1,3-7,12-21H,2,8H2/t12-,13+,14-,15-,16+,17+,18-,19-,20+,21-/m0/s1. The van der Waals surface area contributed by atoms with Gasteiger partial charge in [-0.2, -0.15) is 23.9 Å². The summed E-state index contributed by atoms with van der Waals surface area (Å²) in [5.41, 5.74) is 0. The number of nitriles is 1. The molecule has 6 aliphatic rings. The zero-order valence-electron chi connectivity index (χ0n) is 15.5. The van der Waals surface area contributed by atoms with E-state index in [1.165, 1.54) is 12.1 Å². The molecule has 8 heteroatoms. The number of nitrogens with zero attached hydrogens (tertiary/aromatic N) is 3. The SMILES string of the molecule is N#C[C@@H]1[C@@H]2C[C@H]([C@@H]1OS(=O)(=O)c1ccc(Br)cc1)[C@@H]1[C@@H]3N=N[C@@H]([C@H]4CC=C[C@H]43)[C@H]21. The molecule has 7 rings (SSSR count). The molecule has 0 spiro atoms. The molecule has 1 aromatic carbocycles. The Kier molecular flexibility index (Phi) is 3.91. The molecular formula is C21H20BrN3O3S. The lowest BCUT2D eigenvalue weighted by molar-refractivity contribution is -0.0381. The molecule has 0 amide bonds. The third-order valence-corrected chi connectivity index (χ3v) is 9.77. The van der Waals surface area contributed by atoms with Crippen molar-refractivity contribution in [1.82, 2.24) is 0 Å². The van der Waals surface area contributed by atoms with Gasteiger partial charge in [-0.15, -0.1) is 0 Å². The van der Waals surface area contributed by atoms with Crippen molar-refractivity contribution in [2.75, 3.05) is 0 Å². The Hall–Kier alpha value is -1.56. The van der Waals surface area contributed by atoms with Crippen LogP contribution in [-0.2, 0) is 14.3 Å². The first-order chi connectivity index (χ1) is 14.0. The van der Waals surface area contributed by atoms with Gasteiger partial charge in [0.15, 0.2) is 0 Å². The van der Waals surface area contributed by atoms with Crippen LogP contribution in [0.4, 0.5) is 0 Å².